The van der Waals surface area contributed by atoms with E-state index in [1.807, 2.05) is 0 Å². The van der Waals surface area contributed by atoms with E-state index in [-0.39, 0.29) is 41.9 Å². The molecule has 0 radical (unpaired) electrons. The molecule has 0 aromatic heterocycles. The van der Waals surface area contributed by atoms with Crippen molar-refractivity contribution in [1.29, 1.82) is 0 Å². The minimum Gasteiger partial charge on any atom is -0.458 e. The van der Waals surface area contributed by atoms with Crippen molar-refractivity contribution in [2.24, 2.45) is 17.8 Å². The van der Waals surface area contributed by atoms with Crippen molar-refractivity contribution in [3.05, 3.63) is 0 Å². The van der Waals surface area contributed by atoms with Crippen LogP contribution in [0.4, 0.5) is 0 Å². The van der Waals surface area contributed by atoms with Crippen LogP contribution in [0.25, 0.3) is 0 Å². The zero-order chi connectivity index (χ0) is 16.4. The minimum absolute atomic E-state index is 0.00249. The third kappa shape index (κ3) is 2.59. The Labute approximate surface area is 136 Å². The van der Waals surface area contributed by atoms with Gasteiger partial charge < -0.3 is 9.47 Å². The maximum atomic E-state index is 12.0. The number of carbonyl (C=O) groups is 1. The number of epoxide rings is 1. The van der Waals surface area contributed by atoms with E-state index in [0.29, 0.717) is 12.3 Å². The van der Waals surface area contributed by atoms with E-state index in [0.717, 1.165) is 12.8 Å². The Kier molecular flexibility index (Phi) is 3.71. The fourth-order valence-electron chi connectivity index (χ4n) is 4.37. The predicted molar refractivity (Wildman–Crippen MR) is 79.8 cm³/mol. The molecule has 4 aliphatic rings. The van der Waals surface area contributed by atoms with Gasteiger partial charge in [-0.05, 0) is 18.8 Å². The summed E-state index contributed by atoms with van der Waals surface area (Å²) in [4.78, 5) is 12.0. The molecule has 2 saturated heterocycles. The van der Waals surface area contributed by atoms with Gasteiger partial charge in [-0.3, -0.25) is 14.3 Å². The van der Waals surface area contributed by atoms with E-state index >= 15 is 0 Å². The Hall–Kier alpha value is -0.700. The van der Waals surface area contributed by atoms with Crippen LogP contribution < -0.4 is 5.32 Å². The summed E-state index contributed by atoms with van der Waals surface area (Å²) >= 11 is 0. The second-order valence-corrected chi connectivity index (χ2v) is 9.01. The summed E-state index contributed by atoms with van der Waals surface area (Å²) in [6, 6.07) is 0. The number of esters is 1. The lowest BCUT2D eigenvalue weighted by Crippen LogP contribution is -2.39. The lowest BCUT2D eigenvalue weighted by molar-refractivity contribution is -0.154. The summed E-state index contributed by atoms with van der Waals surface area (Å²) < 4.78 is 39.9. The summed E-state index contributed by atoms with van der Waals surface area (Å²) in [6.45, 7) is 4.30. The van der Waals surface area contributed by atoms with Gasteiger partial charge in [-0.1, -0.05) is 20.3 Å². The van der Waals surface area contributed by atoms with Gasteiger partial charge in [0.15, 0.2) is 0 Å². The highest BCUT2D eigenvalue weighted by Gasteiger charge is 2.65. The van der Waals surface area contributed by atoms with Gasteiger partial charge in [-0.15, -0.1) is 0 Å². The molecule has 8 atom stereocenters. The van der Waals surface area contributed by atoms with Crippen molar-refractivity contribution >= 4 is 16.1 Å². The summed E-state index contributed by atoms with van der Waals surface area (Å²) in [5.41, 5.74) is 0. The molecule has 8 heteroatoms. The van der Waals surface area contributed by atoms with Gasteiger partial charge in [-0.25, -0.2) is 0 Å². The van der Waals surface area contributed by atoms with E-state index < -0.39 is 22.3 Å². The zero-order valence-corrected chi connectivity index (χ0v) is 14.1. The molecule has 4 fully saturated rings. The molecule has 7 nitrogen and oxygen atoms in total. The first-order chi connectivity index (χ1) is 10.9. The van der Waals surface area contributed by atoms with E-state index in [9.17, 15) is 13.2 Å². The van der Waals surface area contributed by atoms with Gasteiger partial charge in [0.1, 0.15) is 24.5 Å². The molecule has 8 unspecified atom stereocenters. The Morgan fingerprint density at radius 1 is 1.39 bits per heavy atom. The lowest BCUT2D eigenvalue weighted by Gasteiger charge is -2.24. The van der Waals surface area contributed by atoms with Crippen LogP contribution in [0.15, 0.2) is 0 Å². The molecule has 2 saturated carbocycles. The zero-order valence-electron chi connectivity index (χ0n) is 13.3. The van der Waals surface area contributed by atoms with Crippen molar-refractivity contribution in [1.82, 2.24) is 5.32 Å². The molecular formula is C15H23NO6S. The molecule has 0 aromatic carbocycles. The number of carbonyl (C=O) groups excluding carboxylic acids is 1. The summed E-state index contributed by atoms with van der Waals surface area (Å²) in [5, 5.41) is 2.66. The molecule has 0 aromatic rings. The third-order valence-electron chi connectivity index (χ3n) is 5.86. The largest absolute Gasteiger partial charge is 0.458 e. The second kappa shape index (κ2) is 5.40. The molecule has 23 heavy (non-hydrogen) atoms. The number of ether oxygens (including phenoxy) is 2. The highest BCUT2D eigenvalue weighted by molar-refractivity contribution is 7.87. The molecule has 0 amide bonds. The SMILES string of the molecule is CCC(C)C1OC1NCC(=O)OC1C2CC3C1OS(=O)(=O)C3C2. The third-order valence-corrected chi connectivity index (χ3v) is 7.63. The van der Waals surface area contributed by atoms with Crippen LogP contribution in [0.3, 0.4) is 0 Å². The van der Waals surface area contributed by atoms with E-state index in [1.54, 1.807) is 0 Å². The summed E-state index contributed by atoms with van der Waals surface area (Å²) in [5.74, 6) is 0.201. The van der Waals surface area contributed by atoms with Gasteiger partial charge in [0.2, 0.25) is 0 Å². The Balaban J connectivity index is 1.28. The van der Waals surface area contributed by atoms with Crippen molar-refractivity contribution in [2.45, 2.75) is 62.9 Å². The smallest absolute Gasteiger partial charge is 0.320 e. The fraction of sp³-hybridized carbons (Fsp3) is 0.933. The molecule has 0 spiro atoms. The van der Waals surface area contributed by atoms with Gasteiger partial charge in [0.25, 0.3) is 10.1 Å². The number of hydrogen-bond donors (Lipinski definition) is 1. The van der Waals surface area contributed by atoms with Crippen LogP contribution in [-0.4, -0.2) is 50.7 Å². The van der Waals surface area contributed by atoms with Crippen molar-refractivity contribution < 1.29 is 26.9 Å². The molecule has 130 valence electrons. The van der Waals surface area contributed by atoms with Crippen molar-refractivity contribution in [2.75, 3.05) is 6.54 Å². The number of fused-ring (bicyclic) bond motifs is 1. The first kappa shape index (κ1) is 15.8. The standard InChI is InChI=1S/C15H23NO6S/c1-3-7(2)12-15(21-12)16-6-11(17)20-13-8-4-9-10(5-8)23(18,19)22-14(9)13/h7-10,12-16H,3-6H2,1-2H3. The lowest BCUT2D eigenvalue weighted by atomic mass is 9.94. The van der Waals surface area contributed by atoms with Gasteiger partial charge in [0.05, 0.1) is 11.8 Å². The highest BCUT2D eigenvalue weighted by Crippen LogP contribution is 2.55. The van der Waals surface area contributed by atoms with Crippen LogP contribution in [0.1, 0.15) is 33.1 Å². The summed E-state index contributed by atoms with van der Waals surface area (Å²) in [6.07, 6.45) is 1.56. The van der Waals surface area contributed by atoms with E-state index in [4.69, 9.17) is 13.7 Å². The van der Waals surface area contributed by atoms with Crippen molar-refractivity contribution in [3.8, 4) is 0 Å². The van der Waals surface area contributed by atoms with Crippen LogP contribution in [0, 0.1) is 17.8 Å². The molecule has 2 aliphatic carbocycles. The molecule has 2 aliphatic heterocycles. The number of hydrogen-bond acceptors (Lipinski definition) is 7. The first-order valence-electron chi connectivity index (χ1n) is 8.41. The normalized spacial score (nSPS) is 46.8. The van der Waals surface area contributed by atoms with Crippen LogP contribution in [0.5, 0.6) is 0 Å². The van der Waals surface area contributed by atoms with Gasteiger partial charge in [-0.2, -0.15) is 8.42 Å². The average Bonchev–Trinajstić information content (AvgIpc) is 2.97. The molecule has 4 rings (SSSR count). The Morgan fingerprint density at radius 3 is 2.91 bits per heavy atom. The van der Waals surface area contributed by atoms with Crippen molar-refractivity contribution in [3.63, 3.8) is 0 Å². The quantitative estimate of drug-likeness (QED) is 0.423. The fourth-order valence-corrected chi connectivity index (χ4v) is 6.26. The minimum atomic E-state index is -3.46. The Morgan fingerprint density at radius 2 is 2.17 bits per heavy atom. The predicted octanol–water partition coefficient (Wildman–Crippen LogP) is 0.396. The molecule has 1 N–H and O–H groups in total. The van der Waals surface area contributed by atoms with Crippen LogP contribution in [-0.2, 0) is 28.6 Å². The van der Waals surface area contributed by atoms with E-state index in [1.165, 1.54) is 0 Å². The maximum Gasteiger partial charge on any atom is 0.320 e. The molecule has 2 heterocycles. The highest BCUT2D eigenvalue weighted by atomic mass is 32.2. The monoisotopic (exact) mass is 345 g/mol. The van der Waals surface area contributed by atoms with Crippen LogP contribution >= 0.6 is 0 Å². The molecular weight excluding hydrogens is 322 g/mol. The molecule has 2 bridgehead atoms. The maximum absolute atomic E-state index is 12.0. The first-order valence-corrected chi connectivity index (χ1v) is 9.88. The average molecular weight is 345 g/mol. The van der Waals surface area contributed by atoms with Crippen LogP contribution in [0.2, 0.25) is 0 Å². The van der Waals surface area contributed by atoms with Gasteiger partial charge >= 0.3 is 5.97 Å². The summed E-state index contributed by atoms with van der Waals surface area (Å²) in [7, 11) is -3.46. The second-order valence-electron chi connectivity index (χ2n) is 7.23. The number of rotatable bonds is 6. The van der Waals surface area contributed by atoms with Gasteiger partial charge in [0, 0.05) is 11.8 Å². The Bertz CT molecular complexity index is 607. The van der Waals surface area contributed by atoms with E-state index in [2.05, 4.69) is 19.2 Å². The number of nitrogens with one attached hydrogen (secondary N) is 1. The topological polar surface area (TPSA) is 94.2 Å².